The maximum Gasteiger partial charge on any atom is 0.0822 e. The van der Waals surface area contributed by atoms with Crippen LogP contribution in [0.2, 0.25) is 0 Å². The van der Waals surface area contributed by atoms with Crippen LogP contribution in [0.1, 0.15) is 46.5 Å². The standard InChI is InChI=1S/C8H18O2.C2H6O/c1-3-5-7-9-10-8-6-4-2;1-2-3/h3-8H2,1-2H3;3H,2H2,1H3. The molecule has 0 aromatic rings. The van der Waals surface area contributed by atoms with Crippen LogP contribution in [0.4, 0.5) is 0 Å². The largest absolute Gasteiger partial charge is 0.397 e. The highest BCUT2D eigenvalue weighted by atomic mass is 17.2. The summed E-state index contributed by atoms with van der Waals surface area (Å²) in [5, 5.41) is 7.57. The number of hydrogen-bond donors (Lipinski definition) is 1. The summed E-state index contributed by atoms with van der Waals surface area (Å²) in [6, 6.07) is 0. The van der Waals surface area contributed by atoms with Gasteiger partial charge in [0.1, 0.15) is 0 Å². The maximum absolute atomic E-state index is 7.57. The fraction of sp³-hybridized carbons (Fsp3) is 1.00. The van der Waals surface area contributed by atoms with Crippen LogP contribution in [0, 0.1) is 0 Å². The molecule has 0 saturated carbocycles. The first-order valence-electron chi connectivity index (χ1n) is 5.18. The molecule has 0 aromatic heterocycles. The van der Waals surface area contributed by atoms with Gasteiger partial charge in [-0.3, -0.25) is 0 Å². The van der Waals surface area contributed by atoms with E-state index in [2.05, 4.69) is 13.8 Å². The third-order valence-electron chi connectivity index (χ3n) is 1.25. The Balaban J connectivity index is 0. The van der Waals surface area contributed by atoms with E-state index in [-0.39, 0.29) is 6.61 Å². The van der Waals surface area contributed by atoms with Crippen molar-refractivity contribution in [2.75, 3.05) is 19.8 Å². The molecule has 3 heteroatoms. The van der Waals surface area contributed by atoms with E-state index in [1.165, 1.54) is 0 Å². The van der Waals surface area contributed by atoms with Crippen molar-refractivity contribution in [3.63, 3.8) is 0 Å². The van der Waals surface area contributed by atoms with Crippen LogP contribution in [0.15, 0.2) is 0 Å². The molecule has 0 aliphatic carbocycles. The Labute approximate surface area is 82.0 Å². The lowest BCUT2D eigenvalue weighted by Crippen LogP contribution is -1.97. The van der Waals surface area contributed by atoms with Crippen molar-refractivity contribution >= 4 is 0 Å². The zero-order valence-corrected chi connectivity index (χ0v) is 9.21. The molecule has 0 aromatic carbocycles. The van der Waals surface area contributed by atoms with Crippen molar-refractivity contribution in [2.24, 2.45) is 0 Å². The van der Waals surface area contributed by atoms with Gasteiger partial charge in [0.15, 0.2) is 0 Å². The van der Waals surface area contributed by atoms with Crippen LogP contribution in [0.25, 0.3) is 0 Å². The molecule has 3 nitrogen and oxygen atoms in total. The van der Waals surface area contributed by atoms with Gasteiger partial charge in [0.25, 0.3) is 0 Å². The van der Waals surface area contributed by atoms with Crippen molar-refractivity contribution in [3.05, 3.63) is 0 Å². The van der Waals surface area contributed by atoms with Crippen LogP contribution in [-0.2, 0) is 9.78 Å². The molecule has 0 bridgehead atoms. The Bertz CT molecular complexity index is 59.2. The predicted molar refractivity (Wildman–Crippen MR) is 54.5 cm³/mol. The molecule has 0 fully saturated rings. The summed E-state index contributed by atoms with van der Waals surface area (Å²) in [6.45, 7) is 7.67. The molecule has 82 valence electrons. The van der Waals surface area contributed by atoms with Crippen LogP contribution in [0.5, 0.6) is 0 Å². The van der Waals surface area contributed by atoms with Gasteiger partial charge >= 0.3 is 0 Å². The number of rotatable bonds is 7. The molecule has 0 amide bonds. The van der Waals surface area contributed by atoms with Gasteiger partial charge in [0.2, 0.25) is 0 Å². The van der Waals surface area contributed by atoms with E-state index in [0.717, 1.165) is 38.9 Å². The van der Waals surface area contributed by atoms with Crippen LogP contribution in [-0.4, -0.2) is 24.9 Å². The molecule has 0 aliphatic rings. The van der Waals surface area contributed by atoms with Crippen LogP contribution < -0.4 is 0 Å². The Morgan fingerprint density at radius 1 is 0.846 bits per heavy atom. The predicted octanol–water partition coefficient (Wildman–Crippen LogP) is 2.53. The average molecular weight is 192 g/mol. The molecule has 0 unspecified atom stereocenters. The van der Waals surface area contributed by atoms with Gasteiger partial charge in [-0.15, -0.1) is 0 Å². The smallest absolute Gasteiger partial charge is 0.0822 e. The van der Waals surface area contributed by atoms with E-state index in [0.29, 0.717) is 0 Å². The van der Waals surface area contributed by atoms with Gasteiger partial charge in [0, 0.05) is 6.61 Å². The second-order valence-electron chi connectivity index (χ2n) is 2.67. The van der Waals surface area contributed by atoms with E-state index in [4.69, 9.17) is 14.9 Å². The highest BCUT2D eigenvalue weighted by Crippen LogP contribution is 1.91. The third kappa shape index (κ3) is 24.5. The topological polar surface area (TPSA) is 38.7 Å². The monoisotopic (exact) mass is 192 g/mol. The lowest BCUT2D eigenvalue weighted by molar-refractivity contribution is -0.295. The van der Waals surface area contributed by atoms with Crippen molar-refractivity contribution in [3.8, 4) is 0 Å². The van der Waals surface area contributed by atoms with Crippen molar-refractivity contribution in [1.82, 2.24) is 0 Å². The van der Waals surface area contributed by atoms with Crippen molar-refractivity contribution in [2.45, 2.75) is 46.5 Å². The lowest BCUT2D eigenvalue weighted by Gasteiger charge is -2.00. The first-order valence-corrected chi connectivity index (χ1v) is 5.18. The van der Waals surface area contributed by atoms with E-state index >= 15 is 0 Å². The highest BCUT2D eigenvalue weighted by Gasteiger charge is 1.86. The van der Waals surface area contributed by atoms with Crippen molar-refractivity contribution in [1.29, 1.82) is 0 Å². The molecule has 0 rings (SSSR count). The van der Waals surface area contributed by atoms with Gasteiger partial charge in [0.05, 0.1) is 13.2 Å². The van der Waals surface area contributed by atoms with E-state index in [1.807, 2.05) is 0 Å². The second-order valence-corrected chi connectivity index (χ2v) is 2.67. The minimum atomic E-state index is 0.250. The van der Waals surface area contributed by atoms with Gasteiger partial charge in [-0.05, 0) is 19.8 Å². The number of unbranched alkanes of at least 4 members (excludes halogenated alkanes) is 2. The number of aliphatic hydroxyl groups excluding tert-OH is 1. The summed E-state index contributed by atoms with van der Waals surface area (Å²) >= 11 is 0. The Morgan fingerprint density at radius 3 is 1.38 bits per heavy atom. The van der Waals surface area contributed by atoms with Gasteiger partial charge < -0.3 is 5.11 Å². The fourth-order valence-corrected chi connectivity index (χ4v) is 0.524. The van der Waals surface area contributed by atoms with E-state index < -0.39 is 0 Å². The summed E-state index contributed by atoms with van der Waals surface area (Å²) in [4.78, 5) is 9.75. The minimum absolute atomic E-state index is 0.250. The summed E-state index contributed by atoms with van der Waals surface area (Å²) in [6.07, 6.45) is 4.51. The SMILES string of the molecule is CCCCOOCCCC.CCO. The Hall–Kier alpha value is -0.120. The average Bonchev–Trinajstić information content (AvgIpc) is 2.13. The van der Waals surface area contributed by atoms with Crippen LogP contribution >= 0.6 is 0 Å². The molecule has 0 aliphatic heterocycles. The normalized spacial score (nSPS) is 9.23. The molecule has 0 spiro atoms. The molecule has 0 radical (unpaired) electrons. The highest BCUT2D eigenvalue weighted by molar-refractivity contribution is 4.28. The summed E-state index contributed by atoms with van der Waals surface area (Å²) < 4.78 is 0. The maximum atomic E-state index is 7.57. The van der Waals surface area contributed by atoms with E-state index in [1.54, 1.807) is 6.92 Å². The van der Waals surface area contributed by atoms with Gasteiger partial charge in [-0.2, -0.15) is 0 Å². The number of aliphatic hydroxyl groups is 1. The molecular weight excluding hydrogens is 168 g/mol. The summed E-state index contributed by atoms with van der Waals surface area (Å²) in [7, 11) is 0. The third-order valence-corrected chi connectivity index (χ3v) is 1.25. The van der Waals surface area contributed by atoms with E-state index in [9.17, 15) is 0 Å². The van der Waals surface area contributed by atoms with Crippen LogP contribution in [0.3, 0.4) is 0 Å². The molecule has 0 saturated heterocycles. The van der Waals surface area contributed by atoms with Crippen molar-refractivity contribution < 1.29 is 14.9 Å². The van der Waals surface area contributed by atoms with Gasteiger partial charge in [-0.25, -0.2) is 9.78 Å². The molecule has 0 heterocycles. The zero-order chi connectivity index (χ0) is 10.4. The molecule has 0 atom stereocenters. The minimum Gasteiger partial charge on any atom is -0.397 e. The Kier molecular flexibility index (Phi) is 21.1. The lowest BCUT2D eigenvalue weighted by atomic mass is 10.4. The second kappa shape index (κ2) is 17.8. The molecule has 13 heavy (non-hydrogen) atoms. The molecular formula is C10H24O3. The quantitative estimate of drug-likeness (QED) is 0.383. The summed E-state index contributed by atoms with van der Waals surface area (Å²) in [5.41, 5.74) is 0. The fourth-order valence-electron chi connectivity index (χ4n) is 0.524. The number of hydrogen-bond acceptors (Lipinski definition) is 3. The first-order chi connectivity index (χ1) is 6.33. The van der Waals surface area contributed by atoms with Gasteiger partial charge in [-0.1, -0.05) is 26.7 Å². The molecule has 1 N–H and O–H groups in total. The summed E-state index contributed by atoms with van der Waals surface area (Å²) in [5.74, 6) is 0. The first kappa shape index (κ1) is 15.4. The Morgan fingerprint density at radius 2 is 1.15 bits per heavy atom. The zero-order valence-electron chi connectivity index (χ0n) is 9.21.